The van der Waals surface area contributed by atoms with Crippen molar-refractivity contribution in [1.29, 1.82) is 0 Å². The summed E-state index contributed by atoms with van der Waals surface area (Å²) in [5, 5.41) is 5.84. The molecule has 2 aromatic carbocycles. The van der Waals surface area contributed by atoms with Gasteiger partial charge in [0.15, 0.2) is 18.1 Å². The van der Waals surface area contributed by atoms with E-state index in [1.807, 2.05) is 6.07 Å². The Labute approximate surface area is 179 Å². The van der Waals surface area contributed by atoms with E-state index in [2.05, 4.69) is 10.6 Å². The summed E-state index contributed by atoms with van der Waals surface area (Å²) >= 11 is 0. The number of fused-ring (bicyclic) bond motifs is 1. The molecule has 1 aliphatic heterocycles. The molecule has 0 fully saturated rings. The average molecular weight is 422 g/mol. The van der Waals surface area contributed by atoms with Gasteiger partial charge in [-0.3, -0.25) is 4.79 Å². The number of carbonyl (C=O) groups is 2. The van der Waals surface area contributed by atoms with Crippen LogP contribution in [0.4, 0.5) is 11.4 Å². The standard InChI is InChI=1S/C23H22N2O6/c26-22(25-16-8-9-20-21(13-16)30-12-4-11-29-20)15-31-23(27)18-6-1-2-7-19(18)24-14-17-5-3-10-28-17/h1-3,5-10,13,24H,4,11-12,14-15H2,(H,25,26). The number of para-hydroxylation sites is 1. The first-order valence-electron chi connectivity index (χ1n) is 9.91. The maximum atomic E-state index is 12.5. The van der Waals surface area contributed by atoms with Gasteiger partial charge in [0.05, 0.1) is 31.6 Å². The zero-order chi connectivity index (χ0) is 21.5. The van der Waals surface area contributed by atoms with Gasteiger partial charge in [-0.2, -0.15) is 0 Å². The zero-order valence-corrected chi connectivity index (χ0v) is 16.8. The second kappa shape index (κ2) is 9.71. The van der Waals surface area contributed by atoms with E-state index in [0.717, 1.165) is 12.2 Å². The Morgan fingerprint density at radius 2 is 1.81 bits per heavy atom. The average Bonchev–Trinajstić information content (AvgIpc) is 3.20. The first-order valence-corrected chi connectivity index (χ1v) is 9.91. The molecule has 0 aliphatic carbocycles. The lowest BCUT2D eigenvalue weighted by Crippen LogP contribution is -2.21. The fraction of sp³-hybridized carbons (Fsp3) is 0.217. The van der Waals surface area contributed by atoms with Crippen LogP contribution in [0.1, 0.15) is 22.5 Å². The maximum Gasteiger partial charge on any atom is 0.340 e. The summed E-state index contributed by atoms with van der Waals surface area (Å²) in [5.41, 5.74) is 1.45. The van der Waals surface area contributed by atoms with Crippen LogP contribution < -0.4 is 20.1 Å². The van der Waals surface area contributed by atoms with Crippen molar-refractivity contribution in [2.45, 2.75) is 13.0 Å². The van der Waals surface area contributed by atoms with E-state index < -0.39 is 18.5 Å². The summed E-state index contributed by atoms with van der Waals surface area (Å²) in [4.78, 5) is 24.8. The van der Waals surface area contributed by atoms with E-state index in [-0.39, 0.29) is 0 Å². The smallest absolute Gasteiger partial charge is 0.340 e. The van der Waals surface area contributed by atoms with Crippen molar-refractivity contribution in [3.05, 3.63) is 72.2 Å². The minimum Gasteiger partial charge on any atom is -0.490 e. The van der Waals surface area contributed by atoms with Gasteiger partial charge in [-0.25, -0.2) is 4.79 Å². The fourth-order valence-electron chi connectivity index (χ4n) is 3.06. The highest BCUT2D eigenvalue weighted by Gasteiger charge is 2.16. The van der Waals surface area contributed by atoms with Crippen LogP contribution in [0.3, 0.4) is 0 Å². The number of benzene rings is 2. The molecule has 2 N–H and O–H groups in total. The molecule has 160 valence electrons. The van der Waals surface area contributed by atoms with E-state index in [0.29, 0.717) is 48.2 Å². The second-order valence-electron chi connectivity index (χ2n) is 6.81. The summed E-state index contributed by atoms with van der Waals surface area (Å²) in [6.45, 7) is 1.14. The number of nitrogens with one attached hydrogen (secondary N) is 2. The van der Waals surface area contributed by atoms with Crippen LogP contribution in [0.25, 0.3) is 0 Å². The van der Waals surface area contributed by atoms with E-state index >= 15 is 0 Å². The summed E-state index contributed by atoms with van der Waals surface area (Å²) in [5.74, 6) is 0.891. The maximum absolute atomic E-state index is 12.5. The molecule has 0 saturated heterocycles. The Hall–Kier alpha value is -3.94. The van der Waals surface area contributed by atoms with Crippen molar-refractivity contribution in [3.63, 3.8) is 0 Å². The van der Waals surface area contributed by atoms with Crippen LogP contribution >= 0.6 is 0 Å². The predicted molar refractivity (Wildman–Crippen MR) is 113 cm³/mol. The number of anilines is 2. The minimum atomic E-state index is -0.601. The molecule has 31 heavy (non-hydrogen) atoms. The van der Waals surface area contributed by atoms with Crippen LogP contribution in [0.2, 0.25) is 0 Å². The molecular formula is C23H22N2O6. The van der Waals surface area contributed by atoms with Crippen LogP contribution in [-0.2, 0) is 16.1 Å². The van der Waals surface area contributed by atoms with Gasteiger partial charge >= 0.3 is 5.97 Å². The molecule has 8 nitrogen and oxygen atoms in total. The molecule has 8 heteroatoms. The Morgan fingerprint density at radius 1 is 0.968 bits per heavy atom. The van der Waals surface area contributed by atoms with Gasteiger partial charge in [-0.15, -0.1) is 0 Å². The normalized spacial score (nSPS) is 12.5. The first kappa shape index (κ1) is 20.3. The van der Waals surface area contributed by atoms with Crippen LogP contribution in [0.5, 0.6) is 11.5 Å². The van der Waals surface area contributed by atoms with E-state index in [4.69, 9.17) is 18.6 Å². The molecule has 1 aliphatic rings. The first-order chi connectivity index (χ1) is 15.2. The monoisotopic (exact) mass is 422 g/mol. The summed E-state index contributed by atoms with van der Waals surface area (Å²) in [6, 6.07) is 15.7. The molecule has 0 atom stereocenters. The van der Waals surface area contributed by atoms with Gasteiger partial charge in [0, 0.05) is 23.9 Å². The molecule has 0 spiro atoms. The third-order valence-corrected chi connectivity index (χ3v) is 4.55. The van der Waals surface area contributed by atoms with Crippen molar-refractivity contribution >= 4 is 23.3 Å². The molecule has 0 unspecified atom stereocenters. The Bertz CT molecular complexity index is 1050. The van der Waals surface area contributed by atoms with E-state index in [1.165, 1.54) is 0 Å². The van der Waals surface area contributed by atoms with E-state index in [9.17, 15) is 9.59 Å². The lowest BCUT2D eigenvalue weighted by atomic mass is 10.2. The quantitative estimate of drug-likeness (QED) is 0.558. The number of ether oxygens (including phenoxy) is 3. The highest BCUT2D eigenvalue weighted by Crippen LogP contribution is 2.32. The van der Waals surface area contributed by atoms with Gasteiger partial charge in [0.25, 0.3) is 5.91 Å². The molecule has 0 bridgehead atoms. The third kappa shape index (κ3) is 5.36. The summed E-state index contributed by atoms with van der Waals surface area (Å²) in [6.07, 6.45) is 2.38. The molecule has 4 rings (SSSR count). The zero-order valence-electron chi connectivity index (χ0n) is 16.8. The van der Waals surface area contributed by atoms with Gasteiger partial charge in [-0.1, -0.05) is 12.1 Å². The van der Waals surface area contributed by atoms with Gasteiger partial charge in [-0.05, 0) is 36.4 Å². The van der Waals surface area contributed by atoms with Crippen molar-refractivity contribution < 1.29 is 28.2 Å². The van der Waals surface area contributed by atoms with Gasteiger partial charge in [0.1, 0.15) is 5.76 Å². The summed E-state index contributed by atoms with van der Waals surface area (Å²) < 4.78 is 21.7. The van der Waals surface area contributed by atoms with Crippen molar-refractivity contribution in [1.82, 2.24) is 0 Å². The van der Waals surface area contributed by atoms with Crippen molar-refractivity contribution in [2.75, 3.05) is 30.5 Å². The molecule has 3 aromatic rings. The molecule has 0 saturated carbocycles. The highest BCUT2D eigenvalue weighted by atomic mass is 16.5. The molecule has 1 aromatic heterocycles. The fourth-order valence-corrected chi connectivity index (χ4v) is 3.06. The lowest BCUT2D eigenvalue weighted by molar-refractivity contribution is -0.119. The molecule has 0 radical (unpaired) electrons. The topological polar surface area (TPSA) is 99.0 Å². The Balaban J connectivity index is 1.32. The largest absolute Gasteiger partial charge is 0.490 e. The van der Waals surface area contributed by atoms with Crippen molar-refractivity contribution in [2.24, 2.45) is 0 Å². The molecule has 2 heterocycles. The van der Waals surface area contributed by atoms with E-state index in [1.54, 1.807) is 54.8 Å². The highest BCUT2D eigenvalue weighted by molar-refractivity contribution is 5.98. The number of esters is 1. The van der Waals surface area contributed by atoms with Crippen LogP contribution in [0.15, 0.2) is 65.3 Å². The number of carbonyl (C=O) groups excluding carboxylic acids is 2. The van der Waals surface area contributed by atoms with Crippen LogP contribution in [-0.4, -0.2) is 31.7 Å². The molecule has 1 amide bonds. The predicted octanol–water partition coefficient (Wildman–Crippen LogP) is 3.85. The Morgan fingerprint density at radius 3 is 2.65 bits per heavy atom. The number of hydrogen-bond acceptors (Lipinski definition) is 7. The summed E-state index contributed by atoms with van der Waals surface area (Å²) in [7, 11) is 0. The van der Waals surface area contributed by atoms with Gasteiger partial charge < -0.3 is 29.3 Å². The number of hydrogen-bond donors (Lipinski definition) is 2. The van der Waals surface area contributed by atoms with Gasteiger partial charge in [0.2, 0.25) is 0 Å². The number of furan rings is 1. The molecular weight excluding hydrogens is 400 g/mol. The minimum absolute atomic E-state index is 0.331. The number of rotatable bonds is 7. The Kier molecular flexibility index (Phi) is 6.37. The lowest BCUT2D eigenvalue weighted by Gasteiger charge is -2.12. The van der Waals surface area contributed by atoms with Crippen molar-refractivity contribution in [3.8, 4) is 11.5 Å². The van der Waals surface area contributed by atoms with Crippen LogP contribution in [0, 0.1) is 0 Å². The number of amides is 1. The second-order valence-corrected chi connectivity index (χ2v) is 6.81. The SMILES string of the molecule is O=C(COC(=O)c1ccccc1NCc1ccco1)Nc1ccc2c(c1)OCCCO2. The third-order valence-electron chi connectivity index (χ3n) is 4.55.